The van der Waals surface area contributed by atoms with Crippen LogP contribution in [0.15, 0.2) is 52.4 Å². The van der Waals surface area contributed by atoms with E-state index in [0.29, 0.717) is 5.22 Å². The van der Waals surface area contributed by atoms with Crippen LogP contribution in [0, 0.1) is 0 Å². The van der Waals surface area contributed by atoms with Crippen molar-refractivity contribution < 1.29 is 14.3 Å². The molecule has 1 atom stereocenters. The Balaban J connectivity index is 2.16. The molecule has 0 bridgehead atoms. The largest absolute Gasteiger partial charge is 0.481 e. The lowest BCUT2D eigenvalue weighted by atomic mass is 10.1. The van der Waals surface area contributed by atoms with Gasteiger partial charge in [-0.25, -0.2) is 4.98 Å². The van der Waals surface area contributed by atoms with E-state index in [9.17, 15) is 4.79 Å². The number of aromatic nitrogens is 1. The Hall–Kier alpha value is -1.75. The van der Waals surface area contributed by atoms with Crippen molar-refractivity contribution in [3.63, 3.8) is 0 Å². The minimum Gasteiger partial charge on any atom is -0.481 e. The van der Waals surface area contributed by atoms with Gasteiger partial charge in [0.1, 0.15) is 6.26 Å². The Labute approximate surface area is 103 Å². The molecule has 1 aromatic carbocycles. The molecule has 17 heavy (non-hydrogen) atoms. The molecule has 0 radical (unpaired) electrons. The van der Waals surface area contributed by atoms with Crippen LogP contribution in [0.25, 0.3) is 0 Å². The molecule has 2 rings (SSSR count). The van der Waals surface area contributed by atoms with E-state index in [-0.39, 0.29) is 11.7 Å². The van der Waals surface area contributed by atoms with Crippen LogP contribution in [0.3, 0.4) is 0 Å². The molecule has 5 heteroatoms. The Morgan fingerprint density at radius 3 is 2.76 bits per heavy atom. The van der Waals surface area contributed by atoms with Gasteiger partial charge in [0.15, 0.2) is 0 Å². The van der Waals surface area contributed by atoms with E-state index < -0.39 is 5.97 Å². The molecule has 1 heterocycles. The highest BCUT2D eigenvalue weighted by Gasteiger charge is 2.18. The predicted molar refractivity (Wildman–Crippen MR) is 63.8 cm³/mol. The van der Waals surface area contributed by atoms with Gasteiger partial charge in [-0.15, -0.1) is 0 Å². The van der Waals surface area contributed by atoms with Gasteiger partial charge >= 0.3 is 5.97 Å². The molecule has 0 aliphatic heterocycles. The monoisotopic (exact) mass is 249 g/mol. The van der Waals surface area contributed by atoms with E-state index in [1.54, 1.807) is 6.20 Å². The number of aliphatic carboxylic acids is 1. The van der Waals surface area contributed by atoms with Crippen molar-refractivity contribution in [3.8, 4) is 0 Å². The van der Waals surface area contributed by atoms with E-state index in [1.165, 1.54) is 18.0 Å². The third-order valence-corrected chi connectivity index (χ3v) is 3.31. The summed E-state index contributed by atoms with van der Waals surface area (Å²) in [4.78, 5) is 14.8. The molecule has 0 spiro atoms. The highest BCUT2D eigenvalue weighted by atomic mass is 32.2. The SMILES string of the molecule is O=C(O)CC(Sc1ncco1)c1ccccc1. The fourth-order valence-electron chi connectivity index (χ4n) is 1.44. The van der Waals surface area contributed by atoms with E-state index in [0.717, 1.165) is 5.56 Å². The maximum Gasteiger partial charge on any atom is 0.304 e. The van der Waals surface area contributed by atoms with Crippen molar-refractivity contribution in [2.45, 2.75) is 16.9 Å². The van der Waals surface area contributed by atoms with E-state index in [4.69, 9.17) is 9.52 Å². The first kappa shape index (κ1) is 11.7. The standard InChI is InChI=1S/C12H11NO3S/c14-11(15)8-10(9-4-2-1-3-5-9)17-12-13-6-7-16-12/h1-7,10H,8H2,(H,14,15). The van der Waals surface area contributed by atoms with Crippen LogP contribution in [0.2, 0.25) is 0 Å². The van der Waals surface area contributed by atoms with Crippen LogP contribution < -0.4 is 0 Å². The summed E-state index contributed by atoms with van der Waals surface area (Å²) in [5.41, 5.74) is 0.957. The van der Waals surface area contributed by atoms with E-state index in [1.807, 2.05) is 30.3 Å². The first-order valence-corrected chi connectivity index (χ1v) is 5.96. The zero-order chi connectivity index (χ0) is 12.1. The van der Waals surface area contributed by atoms with E-state index >= 15 is 0 Å². The van der Waals surface area contributed by atoms with Crippen molar-refractivity contribution in [1.82, 2.24) is 4.98 Å². The first-order chi connectivity index (χ1) is 8.25. The number of carbonyl (C=O) groups is 1. The van der Waals surface area contributed by atoms with Gasteiger partial charge in [0.25, 0.3) is 5.22 Å². The number of oxazole rings is 1. The lowest BCUT2D eigenvalue weighted by Crippen LogP contribution is -2.03. The summed E-state index contributed by atoms with van der Waals surface area (Å²) in [5, 5.41) is 9.21. The maximum absolute atomic E-state index is 10.8. The molecular weight excluding hydrogens is 238 g/mol. The third-order valence-electron chi connectivity index (χ3n) is 2.18. The number of carboxylic acid groups (broad SMARTS) is 1. The number of hydrogen-bond donors (Lipinski definition) is 1. The van der Waals surface area contributed by atoms with Gasteiger partial charge in [0, 0.05) is 5.25 Å². The summed E-state index contributed by atoms with van der Waals surface area (Å²) in [6.07, 6.45) is 3.06. The molecule has 1 N–H and O–H groups in total. The average molecular weight is 249 g/mol. The molecule has 1 unspecified atom stereocenters. The second-order valence-corrected chi connectivity index (χ2v) is 4.57. The molecule has 0 fully saturated rings. The quantitative estimate of drug-likeness (QED) is 0.825. The van der Waals surface area contributed by atoms with Gasteiger partial charge in [0.2, 0.25) is 0 Å². The summed E-state index contributed by atoms with van der Waals surface area (Å²) in [7, 11) is 0. The van der Waals surface area contributed by atoms with Crippen molar-refractivity contribution >= 4 is 17.7 Å². The number of benzene rings is 1. The normalized spacial score (nSPS) is 12.2. The van der Waals surface area contributed by atoms with Crippen molar-refractivity contribution in [1.29, 1.82) is 0 Å². The molecule has 0 saturated heterocycles. The highest BCUT2D eigenvalue weighted by Crippen LogP contribution is 2.36. The Morgan fingerprint density at radius 1 is 1.41 bits per heavy atom. The minimum absolute atomic E-state index is 0.0387. The molecule has 0 amide bonds. The summed E-state index contributed by atoms with van der Waals surface area (Å²) in [6, 6.07) is 9.49. The zero-order valence-corrected chi connectivity index (χ0v) is 9.76. The average Bonchev–Trinajstić information content (AvgIpc) is 2.82. The van der Waals surface area contributed by atoms with Crippen LogP contribution in [0.1, 0.15) is 17.2 Å². The third kappa shape index (κ3) is 3.35. The van der Waals surface area contributed by atoms with Gasteiger partial charge in [-0.2, -0.15) is 0 Å². The molecular formula is C12H11NO3S. The number of nitrogens with zero attached hydrogens (tertiary/aromatic N) is 1. The summed E-state index contributed by atoms with van der Waals surface area (Å²) in [6.45, 7) is 0. The summed E-state index contributed by atoms with van der Waals surface area (Å²) in [5.74, 6) is -0.835. The Morgan fingerprint density at radius 2 is 2.18 bits per heavy atom. The fraction of sp³-hybridized carbons (Fsp3) is 0.167. The van der Waals surface area contributed by atoms with Gasteiger partial charge in [-0.05, 0) is 5.56 Å². The van der Waals surface area contributed by atoms with Crippen LogP contribution in [0.4, 0.5) is 0 Å². The van der Waals surface area contributed by atoms with Gasteiger partial charge in [0.05, 0.1) is 12.6 Å². The minimum atomic E-state index is -0.835. The topological polar surface area (TPSA) is 63.3 Å². The maximum atomic E-state index is 10.8. The van der Waals surface area contributed by atoms with Crippen LogP contribution in [-0.2, 0) is 4.79 Å². The first-order valence-electron chi connectivity index (χ1n) is 5.08. The predicted octanol–water partition coefficient (Wildman–Crippen LogP) is 2.98. The van der Waals surface area contributed by atoms with Crippen molar-refractivity contribution in [3.05, 3.63) is 48.4 Å². The Bertz CT molecular complexity index is 470. The summed E-state index contributed by atoms with van der Waals surface area (Å²) < 4.78 is 5.13. The van der Waals surface area contributed by atoms with Gasteiger partial charge in [-0.1, -0.05) is 42.1 Å². The van der Waals surface area contributed by atoms with Crippen LogP contribution >= 0.6 is 11.8 Å². The molecule has 88 valence electrons. The second kappa shape index (κ2) is 5.54. The molecule has 4 nitrogen and oxygen atoms in total. The summed E-state index contributed by atoms with van der Waals surface area (Å²) >= 11 is 1.32. The molecule has 0 saturated carbocycles. The van der Waals surface area contributed by atoms with Crippen molar-refractivity contribution in [2.75, 3.05) is 0 Å². The van der Waals surface area contributed by atoms with Crippen molar-refractivity contribution in [2.24, 2.45) is 0 Å². The number of thioether (sulfide) groups is 1. The zero-order valence-electron chi connectivity index (χ0n) is 8.95. The fourth-order valence-corrected chi connectivity index (χ4v) is 2.44. The van der Waals surface area contributed by atoms with Crippen LogP contribution in [0.5, 0.6) is 0 Å². The molecule has 0 aliphatic carbocycles. The Kier molecular flexibility index (Phi) is 3.82. The highest BCUT2D eigenvalue weighted by molar-refractivity contribution is 7.99. The molecule has 0 aliphatic rings. The smallest absolute Gasteiger partial charge is 0.304 e. The number of hydrogen-bond acceptors (Lipinski definition) is 4. The lowest BCUT2D eigenvalue weighted by molar-refractivity contribution is -0.137. The van der Waals surface area contributed by atoms with E-state index in [2.05, 4.69) is 4.98 Å². The molecule has 2 aromatic rings. The lowest BCUT2D eigenvalue weighted by Gasteiger charge is -2.12. The second-order valence-electron chi connectivity index (χ2n) is 3.41. The molecule has 1 aromatic heterocycles. The van der Waals surface area contributed by atoms with Gasteiger partial charge in [-0.3, -0.25) is 4.79 Å². The van der Waals surface area contributed by atoms with Gasteiger partial charge < -0.3 is 9.52 Å². The number of rotatable bonds is 5. The van der Waals surface area contributed by atoms with Crippen LogP contribution in [-0.4, -0.2) is 16.1 Å². The number of carboxylic acids is 1.